The fourth-order valence-corrected chi connectivity index (χ4v) is 2.51. The van der Waals surface area contributed by atoms with E-state index in [4.69, 9.17) is 5.11 Å². The standard InChI is InChI=1S/C12H18N2O2/c1-14-11(6-7-13-14)8-9-2-4-10(5-3-9)12(15)16/h6-7,9-10H,2-5,8H2,1H3,(H,15,16)/t9-,10-. The van der Waals surface area contributed by atoms with Crippen LogP contribution in [0.4, 0.5) is 0 Å². The van der Waals surface area contributed by atoms with Crippen molar-refractivity contribution in [3.05, 3.63) is 18.0 Å². The van der Waals surface area contributed by atoms with Gasteiger partial charge in [-0.1, -0.05) is 0 Å². The van der Waals surface area contributed by atoms with Gasteiger partial charge in [-0.15, -0.1) is 0 Å². The topological polar surface area (TPSA) is 55.1 Å². The van der Waals surface area contributed by atoms with Crippen LogP contribution in [-0.2, 0) is 18.3 Å². The first-order valence-corrected chi connectivity index (χ1v) is 5.86. The molecule has 0 spiro atoms. The van der Waals surface area contributed by atoms with Crippen molar-refractivity contribution in [3.8, 4) is 0 Å². The Balaban J connectivity index is 1.86. The van der Waals surface area contributed by atoms with Crippen molar-refractivity contribution in [1.82, 2.24) is 9.78 Å². The quantitative estimate of drug-likeness (QED) is 0.849. The summed E-state index contributed by atoms with van der Waals surface area (Å²) in [7, 11) is 1.96. The molecule has 1 heterocycles. The summed E-state index contributed by atoms with van der Waals surface area (Å²) < 4.78 is 1.91. The van der Waals surface area contributed by atoms with Crippen molar-refractivity contribution < 1.29 is 9.90 Å². The second kappa shape index (κ2) is 4.68. The van der Waals surface area contributed by atoms with E-state index in [2.05, 4.69) is 5.10 Å². The molecule has 0 bridgehead atoms. The van der Waals surface area contributed by atoms with Crippen LogP contribution >= 0.6 is 0 Å². The average molecular weight is 222 g/mol. The number of hydrogen-bond donors (Lipinski definition) is 1. The van der Waals surface area contributed by atoms with Gasteiger partial charge in [0, 0.05) is 18.9 Å². The minimum Gasteiger partial charge on any atom is -0.481 e. The number of hydrogen-bond acceptors (Lipinski definition) is 2. The van der Waals surface area contributed by atoms with E-state index in [-0.39, 0.29) is 5.92 Å². The highest BCUT2D eigenvalue weighted by Crippen LogP contribution is 2.30. The van der Waals surface area contributed by atoms with Crippen LogP contribution in [0.1, 0.15) is 31.4 Å². The van der Waals surface area contributed by atoms with Gasteiger partial charge in [0.05, 0.1) is 5.92 Å². The molecule has 0 unspecified atom stereocenters. The zero-order chi connectivity index (χ0) is 11.5. The zero-order valence-electron chi connectivity index (χ0n) is 9.59. The van der Waals surface area contributed by atoms with Crippen LogP contribution in [0.2, 0.25) is 0 Å². The van der Waals surface area contributed by atoms with Gasteiger partial charge in [-0.05, 0) is 44.1 Å². The Bertz CT molecular complexity index is 365. The molecule has 0 aromatic carbocycles. The Morgan fingerprint density at radius 2 is 2.19 bits per heavy atom. The molecule has 1 aliphatic carbocycles. The van der Waals surface area contributed by atoms with E-state index in [1.807, 2.05) is 24.0 Å². The largest absolute Gasteiger partial charge is 0.481 e. The van der Waals surface area contributed by atoms with E-state index < -0.39 is 5.97 Å². The molecule has 0 saturated heterocycles. The summed E-state index contributed by atoms with van der Waals surface area (Å²) in [5.41, 5.74) is 1.25. The predicted octanol–water partition coefficient (Wildman–Crippen LogP) is 1.85. The maximum absolute atomic E-state index is 10.8. The van der Waals surface area contributed by atoms with Crippen molar-refractivity contribution in [2.75, 3.05) is 0 Å². The van der Waals surface area contributed by atoms with Gasteiger partial charge in [0.15, 0.2) is 0 Å². The van der Waals surface area contributed by atoms with Crippen LogP contribution in [0, 0.1) is 11.8 Å². The smallest absolute Gasteiger partial charge is 0.306 e. The van der Waals surface area contributed by atoms with Crippen LogP contribution in [0.3, 0.4) is 0 Å². The molecule has 88 valence electrons. The van der Waals surface area contributed by atoms with Crippen molar-refractivity contribution in [2.45, 2.75) is 32.1 Å². The van der Waals surface area contributed by atoms with Crippen LogP contribution < -0.4 is 0 Å². The van der Waals surface area contributed by atoms with Crippen LogP contribution in [0.25, 0.3) is 0 Å². The Hall–Kier alpha value is -1.32. The maximum Gasteiger partial charge on any atom is 0.306 e. The van der Waals surface area contributed by atoms with Gasteiger partial charge in [-0.2, -0.15) is 5.10 Å². The fraction of sp³-hybridized carbons (Fsp3) is 0.667. The summed E-state index contributed by atoms with van der Waals surface area (Å²) in [6.07, 6.45) is 6.57. The molecule has 1 saturated carbocycles. The van der Waals surface area contributed by atoms with Gasteiger partial charge in [0.25, 0.3) is 0 Å². The monoisotopic (exact) mass is 222 g/mol. The molecule has 1 aromatic heterocycles. The normalized spacial score (nSPS) is 25.6. The van der Waals surface area contributed by atoms with Crippen LogP contribution in [0.15, 0.2) is 12.3 Å². The second-order valence-corrected chi connectivity index (χ2v) is 4.71. The number of carboxylic acids is 1. The van der Waals surface area contributed by atoms with Gasteiger partial charge in [-0.3, -0.25) is 9.48 Å². The summed E-state index contributed by atoms with van der Waals surface area (Å²) in [6.45, 7) is 0. The molecule has 1 fully saturated rings. The lowest BCUT2D eigenvalue weighted by Crippen LogP contribution is -2.22. The fourth-order valence-electron chi connectivity index (χ4n) is 2.51. The highest BCUT2D eigenvalue weighted by atomic mass is 16.4. The Morgan fingerprint density at radius 1 is 1.50 bits per heavy atom. The predicted molar refractivity (Wildman–Crippen MR) is 60.0 cm³/mol. The molecule has 0 aliphatic heterocycles. The van der Waals surface area contributed by atoms with Crippen molar-refractivity contribution >= 4 is 5.97 Å². The highest BCUT2D eigenvalue weighted by molar-refractivity contribution is 5.69. The van der Waals surface area contributed by atoms with Gasteiger partial charge in [0.1, 0.15) is 0 Å². The first-order chi connectivity index (χ1) is 7.66. The summed E-state index contributed by atoms with van der Waals surface area (Å²) in [5.74, 6) is -0.104. The molecule has 4 heteroatoms. The van der Waals surface area contributed by atoms with Gasteiger partial charge in [-0.25, -0.2) is 0 Å². The summed E-state index contributed by atoms with van der Waals surface area (Å²) >= 11 is 0. The highest BCUT2D eigenvalue weighted by Gasteiger charge is 2.26. The molecular formula is C12H18N2O2. The number of carbonyl (C=O) groups is 1. The van der Waals surface area contributed by atoms with E-state index in [1.54, 1.807) is 0 Å². The van der Waals surface area contributed by atoms with E-state index in [0.717, 1.165) is 32.1 Å². The first-order valence-electron chi connectivity index (χ1n) is 5.86. The molecule has 4 nitrogen and oxygen atoms in total. The lowest BCUT2D eigenvalue weighted by Gasteiger charge is -2.25. The van der Waals surface area contributed by atoms with Gasteiger partial charge in [0.2, 0.25) is 0 Å². The minimum atomic E-state index is -0.626. The molecule has 0 atom stereocenters. The zero-order valence-corrected chi connectivity index (χ0v) is 9.59. The third-order valence-electron chi connectivity index (χ3n) is 3.62. The summed E-state index contributed by atoms with van der Waals surface area (Å²) in [4.78, 5) is 10.8. The van der Waals surface area contributed by atoms with Crippen LogP contribution in [-0.4, -0.2) is 20.9 Å². The number of nitrogens with zero attached hydrogens (tertiary/aromatic N) is 2. The van der Waals surface area contributed by atoms with Gasteiger partial charge >= 0.3 is 5.97 Å². The number of carboxylic acid groups (broad SMARTS) is 1. The molecule has 1 aromatic rings. The Morgan fingerprint density at radius 3 is 2.69 bits per heavy atom. The number of aliphatic carboxylic acids is 1. The minimum absolute atomic E-state index is 0.109. The van der Waals surface area contributed by atoms with E-state index >= 15 is 0 Å². The number of aromatic nitrogens is 2. The van der Waals surface area contributed by atoms with E-state index in [9.17, 15) is 4.79 Å². The lowest BCUT2D eigenvalue weighted by atomic mass is 9.80. The lowest BCUT2D eigenvalue weighted by molar-refractivity contribution is -0.143. The maximum atomic E-state index is 10.8. The third kappa shape index (κ3) is 2.43. The second-order valence-electron chi connectivity index (χ2n) is 4.71. The molecule has 1 N–H and O–H groups in total. The molecular weight excluding hydrogens is 204 g/mol. The van der Waals surface area contributed by atoms with E-state index in [1.165, 1.54) is 5.69 Å². The van der Waals surface area contributed by atoms with Crippen LogP contribution in [0.5, 0.6) is 0 Å². The molecule has 0 radical (unpaired) electrons. The molecule has 1 aliphatic rings. The SMILES string of the molecule is Cn1nccc1C[C@H]1CC[C@H](C(=O)O)CC1. The first kappa shape index (κ1) is 11.2. The molecule has 2 rings (SSSR count). The van der Waals surface area contributed by atoms with Crippen molar-refractivity contribution in [3.63, 3.8) is 0 Å². The number of rotatable bonds is 3. The molecule has 0 amide bonds. The average Bonchev–Trinajstić information content (AvgIpc) is 2.65. The van der Waals surface area contributed by atoms with Gasteiger partial charge < -0.3 is 5.11 Å². The van der Waals surface area contributed by atoms with E-state index in [0.29, 0.717) is 5.92 Å². The summed E-state index contributed by atoms with van der Waals surface area (Å²) in [6, 6.07) is 2.04. The molecule has 16 heavy (non-hydrogen) atoms. The Kier molecular flexibility index (Phi) is 3.27. The summed E-state index contributed by atoms with van der Waals surface area (Å²) in [5, 5.41) is 13.1. The third-order valence-corrected chi connectivity index (χ3v) is 3.62. The van der Waals surface area contributed by atoms with Crippen molar-refractivity contribution in [1.29, 1.82) is 0 Å². The Labute approximate surface area is 95.3 Å². The van der Waals surface area contributed by atoms with Crippen molar-refractivity contribution in [2.24, 2.45) is 18.9 Å². The number of aryl methyl sites for hydroxylation is 1.